The number of carbonyl (C=O) groups is 1. The van der Waals surface area contributed by atoms with Crippen molar-refractivity contribution in [2.45, 2.75) is 31.9 Å². The van der Waals surface area contributed by atoms with Crippen LogP contribution >= 0.6 is 0 Å². The maximum atomic E-state index is 11.6. The predicted molar refractivity (Wildman–Crippen MR) is 78.9 cm³/mol. The van der Waals surface area contributed by atoms with E-state index in [1.807, 2.05) is 18.2 Å². The number of rotatable bonds is 4. The van der Waals surface area contributed by atoms with Crippen molar-refractivity contribution in [3.05, 3.63) is 23.8 Å². The van der Waals surface area contributed by atoms with Gasteiger partial charge >= 0.3 is 0 Å². The fraction of sp³-hybridized carbons (Fsp3) is 0.533. The lowest BCUT2D eigenvalue weighted by Gasteiger charge is -2.26. The number of nitrogens with zero attached hydrogens (tertiary/aromatic N) is 1. The molecule has 2 aliphatic heterocycles. The third-order valence-electron chi connectivity index (χ3n) is 4.11. The van der Waals surface area contributed by atoms with Crippen LogP contribution in [0.4, 0.5) is 11.4 Å². The van der Waals surface area contributed by atoms with Crippen molar-refractivity contribution < 1.29 is 9.53 Å². The summed E-state index contributed by atoms with van der Waals surface area (Å²) in [6.45, 7) is 4.82. The molecule has 2 unspecified atom stereocenters. The molecule has 1 aromatic rings. The zero-order valence-electron chi connectivity index (χ0n) is 11.8. The van der Waals surface area contributed by atoms with Gasteiger partial charge in [0.2, 0.25) is 5.91 Å². The molecule has 2 atom stereocenters. The van der Waals surface area contributed by atoms with Crippen molar-refractivity contribution in [1.82, 2.24) is 0 Å². The van der Waals surface area contributed by atoms with Crippen LogP contribution in [0.5, 0.6) is 0 Å². The molecule has 0 spiro atoms. The van der Waals surface area contributed by atoms with E-state index >= 15 is 0 Å². The van der Waals surface area contributed by atoms with E-state index in [1.165, 1.54) is 0 Å². The highest BCUT2D eigenvalue weighted by atomic mass is 16.5. The van der Waals surface area contributed by atoms with Crippen LogP contribution < -0.4 is 16.0 Å². The number of nitrogens with one attached hydrogen (secondary N) is 1. The Morgan fingerprint density at radius 2 is 2.35 bits per heavy atom. The van der Waals surface area contributed by atoms with Gasteiger partial charge in [-0.2, -0.15) is 0 Å². The summed E-state index contributed by atoms with van der Waals surface area (Å²) in [5.74, 6) is -0.126. The summed E-state index contributed by atoms with van der Waals surface area (Å²) >= 11 is 0. The molecular weight excluding hydrogens is 254 g/mol. The Labute approximate surface area is 119 Å². The molecule has 2 heterocycles. The number of ether oxygens (including phenoxy) is 1. The van der Waals surface area contributed by atoms with E-state index in [0.29, 0.717) is 6.10 Å². The highest BCUT2D eigenvalue weighted by molar-refractivity contribution is 6.02. The van der Waals surface area contributed by atoms with Crippen molar-refractivity contribution in [2.24, 2.45) is 5.73 Å². The molecule has 1 amide bonds. The molecule has 3 rings (SSSR count). The van der Waals surface area contributed by atoms with Crippen molar-refractivity contribution in [2.75, 3.05) is 29.9 Å². The zero-order chi connectivity index (χ0) is 14.1. The number of hydrogen-bond acceptors (Lipinski definition) is 4. The molecule has 5 nitrogen and oxygen atoms in total. The zero-order valence-corrected chi connectivity index (χ0v) is 11.8. The number of anilines is 2. The Morgan fingerprint density at radius 3 is 3.05 bits per heavy atom. The van der Waals surface area contributed by atoms with Crippen molar-refractivity contribution in [3.63, 3.8) is 0 Å². The van der Waals surface area contributed by atoms with Gasteiger partial charge in [0.15, 0.2) is 0 Å². The first-order chi connectivity index (χ1) is 9.69. The third-order valence-corrected chi connectivity index (χ3v) is 4.11. The molecule has 0 aliphatic carbocycles. The SMILES string of the molecule is CCN(CC1CCCO1)c1ccc2c(c1)NC(=O)C2N. The number of fused-ring (bicyclic) bond motifs is 1. The van der Waals surface area contributed by atoms with Crippen LogP contribution in [0, 0.1) is 0 Å². The second kappa shape index (κ2) is 5.42. The van der Waals surface area contributed by atoms with Gasteiger partial charge in [0, 0.05) is 36.6 Å². The summed E-state index contributed by atoms with van der Waals surface area (Å²) < 4.78 is 5.70. The molecule has 0 bridgehead atoms. The summed E-state index contributed by atoms with van der Waals surface area (Å²) in [5.41, 5.74) is 8.66. The minimum atomic E-state index is -0.535. The lowest BCUT2D eigenvalue weighted by atomic mass is 10.1. The lowest BCUT2D eigenvalue weighted by Crippen LogP contribution is -2.32. The van der Waals surface area contributed by atoms with E-state index in [2.05, 4.69) is 17.1 Å². The summed E-state index contributed by atoms with van der Waals surface area (Å²) in [7, 11) is 0. The monoisotopic (exact) mass is 275 g/mol. The van der Waals surface area contributed by atoms with Crippen LogP contribution in [-0.2, 0) is 9.53 Å². The van der Waals surface area contributed by atoms with E-state index in [4.69, 9.17) is 10.5 Å². The number of hydrogen-bond donors (Lipinski definition) is 2. The standard InChI is InChI=1S/C15H21N3O2/c1-2-18(9-11-4-3-7-20-11)10-5-6-12-13(8-10)17-15(19)14(12)16/h5-6,8,11,14H,2-4,7,9,16H2,1H3,(H,17,19). The fourth-order valence-electron chi connectivity index (χ4n) is 2.92. The van der Waals surface area contributed by atoms with E-state index in [1.54, 1.807) is 0 Å². The van der Waals surface area contributed by atoms with E-state index in [9.17, 15) is 4.79 Å². The minimum absolute atomic E-state index is 0.126. The van der Waals surface area contributed by atoms with Crippen LogP contribution in [0.3, 0.4) is 0 Å². The molecule has 1 saturated heterocycles. The Bertz CT molecular complexity index is 512. The van der Waals surface area contributed by atoms with Gasteiger partial charge < -0.3 is 20.7 Å². The first-order valence-electron chi connectivity index (χ1n) is 7.26. The summed E-state index contributed by atoms with van der Waals surface area (Å²) in [6, 6.07) is 5.47. The Balaban J connectivity index is 1.79. The molecule has 0 aromatic heterocycles. The molecule has 2 aliphatic rings. The van der Waals surface area contributed by atoms with Crippen molar-refractivity contribution >= 4 is 17.3 Å². The van der Waals surface area contributed by atoms with Gasteiger partial charge in [0.1, 0.15) is 6.04 Å². The highest BCUT2D eigenvalue weighted by Gasteiger charge is 2.28. The van der Waals surface area contributed by atoms with Crippen LogP contribution in [0.1, 0.15) is 31.4 Å². The number of amides is 1. The van der Waals surface area contributed by atoms with E-state index in [-0.39, 0.29) is 5.91 Å². The average Bonchev–Trinajstić information content (AvgIpc) is 3.05. The molecule has 5 heteroatoms. The summed E-state index contributed by atoms with van der Waals surface area (Å²) in [4.78, 5) is 13.9. The maximum Gasteiger partial charge on any atom is 0.245 e. The van der Waals surface area contributed by atoms with Crippen LogP contribution in [0.2, 0.25) is 0 Å². The highest BCUT2D eigenvalue weighted by Crippen LogP contribution is 2.33. The largest absolute Gasteiger partial charge is 0.376 e. The van der Waals surface area contributed by atoms with Gasteiger partial charge in [0.25, 0.3) is 0 Å². The molecule has 0 radical (unpaired) electrons. The Hall–Kier alpha value is -1.59. The first kappa shape index (κ1) is 13.4. The first-order valence-corrected chi connectivity index (χ1v) is 7.26. The number of likely N-dealkylation sites (N-methyl/N-ethyl adjacent to an activating group) is 1. The van der Waals surface area contributed by atoms with Crippen molar-refractivity contribution in [1.29, 1.82) is 0 Å². The smallest absolute Gasteiger partial charge is 0.245 e. The van der Waals surface area contributed by atoms with Gasteiger partial charge in [-0.25, -0.2) is 0 Å². The van der Waals surface area contributed by atoms with Crippen LogP contribution in [0.15, 0.2) is 18.2 Å². The third kappa shape index (κ3) is 2.39. The topological polar surface area (TPSA) is 67.6 Å². The Kier molecular flexibility index (Phi) is 3.63. The van der Waals surface area contributed by atoms with Gasteiger partial charge in [-0.1, -0.05) is 6.07 Å². The minimum Gasteiger partial charge on any atom is -0.376 e. The average molecular weight is 275 g/mol. The summed E-state index contributed by atoms with van der Waals surface area (Å²) in [5, 5.41) is 2.84. The van der Waals surface area contributed by atoms with Gasteiger partial charge in [-0.05, 0) is 31.9 Å². The molecule has 1 fully saturated rings. The Morgan fingerprint density at radius 1 is 1.50 bits per heavy atom. The van der Waals surface area contributed by atoms with Crippen molar-refractivity contribution in [3.8, 4) is 0 Å². The van der Waals surface area contributed by atoms with E-state index in [0.717, 1.165) is 49.5 Å². The van der Waals surface area contributed by atoms with Gasteiger partial charge in [-0.15, -0.1) is 0 Å². The number of carbonyl (C=O) groups excluding carboxylic acids is 1. The normalized spacial score (nSPS) is 24.6. The molecule has 3 N–H and O–H groups in total. The maximum absolute atomic E-state index is 11.6. The molecule has 108 valence electrons. The number of nitrogens with two attached hydrogens (primary N) is 1. The summed E-state index contributed by atoms with van der Waals surface area (Å²) in [6.07, 6.45) is 2.60. The lowest BCUT2D eigenvalue weighted by molar-refractivity contribution is -0.116. The molecule has 1 aromatic carbocycles. The van der Waals surface area contributed by atoms with Crippen LogP contribution in [0.25, 0.3) is 0 Å². The molecule has 0 saturated carbocycles. The fourth-order valence-corrected chi connectivity index (χ4v) is 2.92. The second-order valence-corrected chi connectivity index (χ2v) is 5.41. The van der Waals surface area contributed by atoms with Crippen LogP contribution in [-0.4, -0.2) is 31.7 Å². The van der Waals surface area contributed by atoms with Gasteiger partial charge in [0.05, 0.1) is 6.10 Å². The molecule has 20 heavy (non-hydrogen) atoms. The second-order valence-electron chi connectivity index (χ2n) is 5.41. The van der Waals surface area contributed by atoms with E-state index < -0.39 is 6.04 Å². The number of benzene rings is 1. The van der Waals surface area contributed by atoms with Gasteiger partial charge in [-0.3, -0.25) is 4.79 Å². The quantitative estimate of drug-likeness (QED) is 0.876. The predicted octanol–water partition coefficient (Wildman–Crippen LogP) is 1.64. The molecular formula is C15H21N3O2.